The van der Waals surface area contributed by atoms with Gasteiger partial charge in [-0.15, -0.1) is 0 Å². The van der Waals surface area contributed by atoms with Crippen molar-refractivity contribution in [3.63, 3.8) is 0 Å². The Bertz CT molecular complexity index is 838. The number of aryl methyl sites for hydroxylation is 3. The molecule has 1 aromatic carbocycles. The summed E-state index contributed by atoms with van der Waals surface area (Å²) in [7, 11) is 0. The summed E-state index contributed by atoms with van der Waals surface area (Å²) in [5.74, 6) is 0.520. The minimum atomic E-state index is -1.42. The molecule has 2 atom stereocenters. The molecule has 0 spiro atoms. The van der Waals surface area contributed by atoms with Crippen LogP contribution < -0.4 is 0 Å². The molecule has 0 aliphatic heterocycles. The van der Waals surface area contributed by atoms with Gasteiger partial charge in [-0.3, -0.25) is 0 Å². The Morgan fingerprint density at radius 2 is 1.42 bits per heavy atom. The number of benzene rings is 1. The Labute approximate surface area is 187 Å². The van der Waals surface area contributed by atoms with Crippen LogP contribution in [0.1, 0.15) is 87.2 Å². The monoisotopic (exact) mass is 420 g/mol. The minimum absolute atomic E-state index is 0.337. The van der Waals surface area contributed by atoms with Crippen LogP contribution in [-0.4, -0.2) is 15.6 Å². The maximum absolute atomic E-state index is 16.0. The molecule has 0 saturated carbocycles. The van der Waals surface area contributed by atoms with Gasteiger partial charge in [0.05, 0.1) is 0 Å². The third-order valence-electron chi connectivity index (χ3n) is 6.28. The molecule has 166 valence electrons. The third-order valence-corrected chi connectivity index (χ3v) is 6.28. The van der Waals surface area contributed by atoms with E-state index in [1.807, 2.05) is 30.6 Å². The molecular weight excluding hydrogens is 383 g/mol. The van der Waals surface area contributed by atoms with E-state index in [1.54, 1.807) is 6.08 Å². The zero-order valence-corrected chi connectivity index (χ0v) is 19.2. The number of aromatic nitrogens is 2. The molecule has 2 aromatic rings. The molecule has 0 bridgehead atoms. The predicted molar refractivity (Wildman–Crippen MR) is 128 cm³/mol. The van der Waals surface area contributed by atoms with Crippen molar-refractivity contribution in [3.8, 4) is 0 Å². The second-order valence-corrected chi connectivity index (χ2v) is 8.81. The largest absolute Gasteiger partial charge is 0.241 e. The first-order valence-electron chi connectivity index (χ1n) is 12.1. The van der Waals surface area contributed by atoms with Crippen LogP contribution in [0.4, 0.5) is 4.39 Å². The van der Waals surface area contributed by atoms with Crippen LogP contribution in [0.5, 0.6) is 0 Å². The van der Waals surface area contributed by atoms with Gasteiger partial charge in [-0.05, 0) is 54.9 Å². The van der Waals surface area contributed by atoms with Gasteiger partial charge < -0.3 is 0 Å². The first-order chi connectivity index (χ1) is 15.1. The van der Waals surface area contributed by atoms with E-state index < -0.39 is 5.67 Å². The summed E-state index contributed by atoms with van der Waals surface area (Å²) < 4.78 is 16.0. The van der Waals surface area contributed by atoms with Gasteiger partial charge >= 0.3 is 0 Å². The third kappa shape index (κ3) is 6.85. The quantitative estimate of drug-likeness (QED) is 0.332. The number of hydrogen-bond acceptors (Lipinski definition) is 2. The Balaban J connectivity index is 1.61. The highest BCUT2D eigenvalue weighted by atomic mass is 19.1. The van der Waals surface area contributed by atoms with Crippen molar-refractivity contribution in [1.29, 1.82) is 0 Å². The van der Waals surface area contributed by atoms with E-state index in [4.69, 9.17) is 0 Å². The van der Waals surface area contributed by atoms with Crippen molar-refractivity contribution >= 4 is 0 Å². The summed E-state index contributed by atoms with van der Waals surface area (Å²) in [6, 6.07) is 8.73. The fourth-order valence-corrected chi connectivity index (χ4v) is 4.26. The fourth-order valence-electron chi connectivity index (χ4n) is 4.26. The SMILES string of the molecule is CCCCCc1ccc(CCC2(F)C=CC=CC2c2cnc(CCCCC)nc2)cc1. The lowest BCUT2D eigenvalue weighted by molar-refractivity contribution is 0.189. The molecule has 2 nitrogen and oxygen atoms in total. The second-order valence-electron chi connectivity index (χ2n) is 8.81. The minimum Gasteiger partial charge on any atom is -0.241 e. The molecule has 1 aromatic heterocycles. The van der Waals surface area contributed by atoms with Crippen LogP contribution in [0, 0.1) is 0 Å². The summed E-state index contributed by atoms with van der Waals surface area (Å²) in [6.07, 6.45) is 21.5. The van der Waals surface area contributed by atoms with Crippen LogP contribution in [0.25, 0.3) is 0 Å². The summed E-state index contributed by atoms with van der Waals surface area (Å²) in [4.78, 5) is 9.03. The van der Waals surface area contributed by atoms with Crippen molar-refractivity contribution in [2.24, 2.45) is 0 Å². The number of rotatable bonds is 12. The Hall–Kier alpha value is -2.29. The average molecular weight is 421 g/mol. The molecule has 0 saturated heterocycles. The lowest BCUT2D eigenvalue weighted by Gasteiger charge is -2.31. The van der Waals surface area contributed by atoms with Gasteiger partial charge in [0.1, 0.15) is 11.5 Å². The van der Waals surface area contributed by atoms with Gasteiger partial charge in [0.15, 0.2) is 0 Å². The highest BCUT2D eigenvalue weighted by molar-refractivity contribution is 5.34. The molecule has 0 radical (unpaired) electrons. The van der Waals surface area contributed by atoms with Crippen molar-refractivity contribution in [2.75, 3.05) is 0 Å². The lowest BCUT2D eigenvalue weighted by atomic mass is 9.78. The normalized spacial score (nSPS) is 20.3. The highest BCUT2D eigenvalue weighted by Crippen LogP contribution is 2.40. The van der Waals surface area contributed by atoms with Gasteiger partial charge in [0.2, 0.25) is 0 Å². The Morgan fingerprint density at radius 3 is 2.06 bits per heavy atom. The number of alkyl halides is 1. The lowest BCUT2D eigenvalue weighted by Crippen LogP contribution is -2.30. The first kappa shape index (κ1) is 23.4. The summed E-state index contributed by atoms with van der Waals surface area (Å²) in [6.45, 7) is 4.42. The average Bonchev–Trinajstić information content (AvgIpc) is 2.80. The molecular formula is C28H37FN2. The van der Waals surface area contributed by atoms with Crippen LogP contribution in [0.2, 0.25) is 0 Å². The van der Waals surface area contributed by atoms with Gasteiger partial charge in [-0.25, -0.2) is 14.4 Å². The summed E-state index contributed by atoms with van der Waals surface area (Å²) >= 11 is 0. The van der Waals surface area contributed by atoms with E-state index in [-0.39, 0.29) is 5.92 Å². The maximum atomic E-state index is 16.0. The molecule has 0 fully saturated rings. The van der Waals surface area contributed by atoms with E-state index in [0.29, 0.717) is 6.42 Å². The molecule has 1 aliphatic rings. The predicted octanol–water partition coefficient (Wildman–Crippen LogP) is 7.49. The zero-order chi connectivity index (χ0) is 21.9. The van der Waals surface area contributed by atoms with Crippen LogP contribution >= 0.6 is 0 Å². The van der Waals surface area contributed by atoms with Crippen molar-refractivity contribution < 1.29 is 4.39 Å². The molecule has 0 N–H and O–H groups in total. The maximum Gasteiger partial charge on any atom is 0.140 e. The van der Waals surface area contributed by atoms with E-state index >= 15 is 4.39 Å². The number of unbranched alkanes of at least 4 members (excludes halogenated alkanes) is 4. The Morgan fingerprint density at radius 1 is 0.806 bits per heavy atom. The molecule has 1 heterocycles. The Kier molecular flexibility index (Phi) is 8.99. The van der Waals surface area contributed by atoms with E-state index in [1.165, 1.54) is 43.2 Å². The zero-order valence-electron chi connectivity index (χ0n) is 19.2. The molecule has 0 amide bonds. The fraction of sp³-hybridized carbons (Fsp3) is 0.500. The van der Waals surface area contributed by atoms with E-state index in [9.17, 15) is 0 Å². The number of allylic oxidation sites excluding steroid dienone is 4. The summed E-state index contributed by atoms with van der Waals surface area (Å²) in [5, 5.41) is 0. The highest BCUT2D eigenvalue weighted by Gasteiger charge is 2.37. The molecule has 31 heavy (non-hydrogen) atoms. The molecule has 3 rings (SSSR count). The van der Waals surface area contributed by atoms with Gasteiger partial charge in [0, 0.05) is 24.7 Å². The van der Waals surface area contributed by atoms with Crippen LogP contribution in [-0.2, 0) is 19.3 Å². The summed E-state index contributed by atoms with van der Waals surface area (Å²) in [5.41, 5.74) is 2.01. The van der Waals surface area contributed by atoms with Gasteiger partial charge in [-0.1, -0.05) is 82.0 Å². The van der Waals surface area contributed by atoms with Crippen LogP contribution in [0.15, 0.2) is 61.0 Å². The van der Waals surface area contributed by atoms with E-state index in [0.717, 1.165) is 37.1 Å². The topological polar surface area (TPSA) is 25.8 Å². The van der Waals surface area contributed by atoms with Crippen molar-refractivity contribution in [2.45, 2.75) is 89.6 Å². The molecule has 3 heteroatoms. The number of hydrogen-bond donors (Lipinski definition) is 0. The number of nitrogens with zero attached hydrogens (tertiary/aromatic N) is 2. The molecule has 1 aliphatic carbocycles. The van der Waals surface area contributed by atoms with Gasteiger partial charge in [-0.2, -0.15) is 0 Å². The van der Waals surface area contributed by atoms with E-state index in [2.05, 4.69) is 48.1 Å². The van der Waals surface area contributed by atoms with Gasteiger partial charge in [0.25, 0.3) is 0 Å². The molecule has 2 unspecified atom stereocenters. The first-order valence-corrected chi connectivity index (χ1v) is 12.1. The smallest absolute Gasteiger partial charge is 0.140 e. The van der Waals surface area contributed by atoms with Crippen LogP contribution in [0.3, 0.4) is 0 Å². The second kappa shape index (κ2) is 11.9. The van der Waals surface area contributed by atoms with Crippen molar-refractivity contribution in [3.05, 3.63) is 83.5 Å². The standard InChI is InChI=1S/C28H37FN2/c1-3-5-7-11-23-14-16-24(17-15-23)18-20-28(29)19-10-9-12-26(28)25-21-30-27(31-22-25)13-8-6-4-2/h9-10,12,14-17,19,21-22,26H,3-8,11,13,18,20H2,1-2H3. The number of halogens is 1. The van der Waals surface area contributed by atoms with Crippen molar-refractivity contribution in [1.82, 2.24) is 9.97 Å².